The number of hydrogen-bond acceptors (Lipinski definition) is 5. The molecule has 0 spiro atoms. The number of aliphatic hydroxyl groups is 1. The fourth-order valence-corrected chi connectivity index (χ4v) is 7.92. The van der Waals surface area contributed by atoms with Crippen molar-refractivity contribution in [3.63, 3.8) is 0 Å². The molecule has 0 aromatic heterocycles. The van der Waals surface area contributed by atoms with Crippen LogP contribution in [-0.2, 0) is 19.1 Å². The van der Waals surface area contributed by atoms with Crippen molar-refractivity contribution in [2.45, 2.75) is 238 Å². The van der Waals surface area contributed by atoms with Gasteiger partial charge in [0.2, 0.25) is 0 Å². The molecule has 1 atom stereocenters. The van der Waals surface area contributed by atoms with Crippen LogP contribution < -0.4 is 0 Å². The molecule has 0 aromatic rings. The molecule has 0 saturated heterocycles. The summed E-state index contributed by atoms with van der Waals surface area (Å²) >= 11 is 0. The minimum absolute atomic E-state index is 0.0962. The lowest BCUT2D eigenvalue weighted by atomic mass is 10.1. The SMILES string of the molecule is CC/C=C\C/C=C\C/C=C\C/C=C\C/C=C\C/C=C\C/C=C\C/C=C\C/C=C\CCCCCCCCCCCC(=O)OC(CO)COC(=O)CCCCCC/C=C\C/C=C\C/C=C\C/C=C\C/C=C\C/C=C\C/C=C\C/C=C\CC. The molecule has 0 fully saturated rings. The van der Waals surface area contributed by atoms with Crippen LogP contribution in [0, 0.1) is 0 Å². The van der Waals surface area contributed by atoms with Gasteiger partial charge in [0.25, 0.3) is 0 Å². The number of ether oxygens (including phenoxy) is 2. The second-order valence-electron chi connectivity index (χ2n) is 20.0. The summed E-state index contributed by atoms with van der Waals surface area (Å²) in [5.41, 5.74) is 0. The lowest BCUT2D eigenvalue weighted by Gasteiger charge is -2.15. The Morgan fingerprint density at radius 1 is 0.287 bits per heavy atom. The van der Waals surface area contributed by atoms with Crippen molar-refractivity contribution in [1.29, 1.82) is 0 Å². The molecule has 0 radical (unpaired) electrons. The van der Waals surface area contributed by atoms with Crippen molar-refractivity contribution >= 4 is 11.9 Å². The average Bonchev–Trinajstić information content (AvgIpc) is 3.46. The van der Waals surface area contributed by atoms with Crippen molar-refractivity contribution in [2.75, 3.05) is 13.2 Å². The predicted octanol–water partition coefficient (Wildman–Crippen LogP) is 22.2. The van der Waals surface area contributed by atoms with Gasteiger partial charge in [-0.15, -0.1) is 0 Å². The summed E-state index contributed by atoms with van der Waals surface area (Å²) in [5.74, 6) is -0.643. The average molecular weight is 1100 g/mol. The third-order valence-electron chi connectivity index (χ3n) is 12.6. The van der Waals surface area contributed by atoms with Crippen LogP contribution in [0.15, 0.2) is 207 Å². The number of hydrogen-bond donors (Lipinski definition) is 1. The number of carbonyl (C=O) groups is 2. The third kappa shape index (κ3) is 65.0. The largest absolute Gasteiger partial charge is 0.462 e. The number of esters is 2. The summed E-state index contributed by atoms with van der Waals surface area (Å²) < 4.78 is 10.7. The Kier molecular flexibility index (Phi) is 63.1. The minimum Gasteiger partial charge on any atom is -0.462 e. The first-order valence-corrected chi connectivity index (χ1v) is 31.6. The van der Waals surface area contributed by atoms with Crippen LogP contribution >= 0.6 is 0 Å². The van der Waals surface area contributed by atoms with Crippen LogP contribution in [0.2, 0.25) is 0 Å². The number of unbranched alkanes of at least 4 members (excludes halogenated alkanes) is 13. The van der Waals surface area contributed by atoms with E-state index in [1.54, 1.807) is 0 Å². The van der Waals surface area contributed by atoms with E-state index < -0.39 is 6.10 Å². The lowest BCUT2D eigenvalue weighted by Crippen LogP contribution is -2.28. The van der Waals surface area contributed by atoms with E-state index in [9.17, 15) is 14.7 Å². The second kappa shape index (κ2) is 67.8. The predicted molar refractivity (Wildman–Crippen MR) is 352 cm³/mol. The first-order chi connectivity index (χ1) is 39.6. The Hall–Kier alpha value is -5.52. The number of rotatable bonds is 55. The zero-order valence-electron chi connectivity index (χ0n) is 50.7. The molecule has 0 aliphatic carbocycles. The maximum absolute atomic E-state index is 12.3. The van der Waals surface area contributed by atoms with Gasteiger partial charge >= 0.3 is 11.9 Å². The van der Waals surface area contributed by atoms with Crippen molar-refractivity contribution < 1.29 is 24.2 Å². The normalized spacial score (nSPS) is 13.7. The molecule has 1 unspecified atom stereocenters. The van der Waals surface area contributed by atoms with Gasteiger partial charge < -0.3 is 14.6 Å². The van der Waals surface area contributed by atoms with Crippen LogP contribution in [0.4, 0.5) is 0 Å². The summed E-state index contributed by atoms with van der Waals surface area (Å²) in [6.45, 7) is 3.87. The van der Waals surface area contributed by atoms with Gasteiger partial charge in [-0.05, 0) is 148 Å². The molecule has 5 nitrogen and oxygen atoms in total. The molecule has 444 valence electrons. The molecule has 80 heavy (non-hydrogen) atoms. The summed E-state index contributed by atoms with van der Waals surface area (Å²) in [4.78, 5) is 24.6. The van der Waals surface area contributed by atoms with E-state index in [0.29, 0.717) is 12.8 Å². The Labute approximate surface area is 491 Å². The van der Waals surface area contributed by atoms with E-state index in [-0.39, 0.29) is 25.2 Å². The Balaban J connectivity index is 3.66. The topological polar surface area (TPSA) is 72.8 Å². The van der Waals surface area contributed by atoms with Gasteiger partial charge in [-0.3, -0.25) is 9.59 Å². The number of carbonyl (C=O) groups excluding carboxylic acids is 2. The maximum Gasteiger partial charge on any atom is 0.306 e. The molecular formula is C75H114O5. The van der Waals surface area contributed by atoms with E-state index in [4.69, 9.17) is 9.47 Å². The molecule has 0 aliphatic rings. The van der Waals surface area contributed by atoms with E-state index in [2.05, 4.69) is 220 Å². The molecule has 0 heterocycles. The quantitative estimate of drug-likeness (QED) is 0.0373. The van der Waals surface area contributed by atoms with E-state index in [0.717, 1.165) is 167 Å². The van der Waals surface area contributed by atoms with Crippen molar-refractivity contribution in [2.24, 2.45) is 0 Å². The number of allylic oxidation sites excluding steroid dienone is 34. The Bertz CT molecular complexity index is 1910. The highest BCUT2D eigenvalue weighted by Crippen LogP contribution is 2.13. The Morgan fingerprint density at radius 2 is 0.500 bits per heavy atom. The van der Waals surface area contributed by atoms with Crippen LogP contribution in [0.1, 0.15) is 232 Å². The van der Waals surface area contributed by atoms with Gasteiger partial charge in [-0.25, -0.2) is 0 Å². The van der Waals surface area contributed by atoms with E-state index in [1.807, 2.05) is 0 Å². The van der Waals surface area contributed by atoms with Crippen LogP contribution in [0.25, 0.3) is 0 Å². The second-order valence-corrected chi connectivity index (χ2v) is 20.0. The fraction of sp³-hybridized carbons (Fsp3) is 0.520. The molecule has 0 rings (SSSR count). The smallest absolute Gasteiger partial charge is 0.306 e. The van der Waals surface area contributed by atoms with Gasteiger partial charge in [0.15, 0.2) is 6.10 Å². The van der Waals surface area contributed by atoms with Crippen molar-refractivity contribution in [3.8, 4) is 0 Å². The highest BCUT2D eigenvalue weighted by Gasteiger charge is 2.16. The summed E-state index contributed by atoms with van der Waals surface area (Å²) in [7, 11) is 0. The molecule has 5 heteroatoms. The van der Waals surface area contributed by atoms with Gasteiger partial charge in [-0.2, -0.15) is 0 Å². The highest BCUT2D eigenvalue weighted by atomic mass is 16.6. The highest BCUT2D eigenvalue weighted by molar-refractivity contribution is 5.70. The maximum atomic E-state index is 12.3. The van der Waals surface area contributed by atoms with E-state index in [1.165, 1.54) is 38.5 Å². The molecule has 0 aliphatic heterocycles. The molecule has 0 aromatic carbocycles. The monoisotopic (exact) mass is 1090 g/mol. The summed E-state index contributed by atoms with van der Waals surface area (Å²) in [6, 6.07) is 0. The molecular weight excluding hydrogens is 981 g/mol. The first kappa shape index (κ1) is 74.5. The zero-order valence-corrected chi connectivity index (χ0v) is 50.7. The minimum atomic E-state index is -0.805. The van der Waals surface area contributed by atoms with E-state index >= 15 is 0 Å². The van der Waals surface area contributed by atoms with Gasteiger partial charge in [0.05, 0.1) is 6.61 Å². The lowest BCUT2D eigenvalue weighted by molar-refractivity contribution is -0.161. The molecule has 0 bridgehead atoms. The molecule has 1 N–H and O–H groups in total. The van der Waals surface area contributed by atoms with Gasteiger partial charge in [0, 0.05) is 12.8 Å². The first-order valence-electron chi connectivity index (χ1n) is 31.6. The fourth-order valence-electron chi connectivity index (χ4n) is 7.92. The van der Waals surface area contributed by atoms with Gasteiger partial charge in [0.1, 0.15) is 6.61 Å². The summed E-state index contributed by atoms with van der Waals surface area (Å²) in [6.07, 6.45) is 109. The van der Waals surface area contributed by atoms with Gasteiger partial charge in [-0.1, -0.05) is 278 Å². The van der Waals surface area contributed by atoms with Crippen LogP contribution in [0.3, 0.4) is 0 Å². The zero-order chi connectivity index (χ0) is 57.6. The third-order valence-corrected chi connectivity index (χ3v) is 12.6. The standard InChI is InChI=1S/C75H114O5/c1-3-5-7-9-11-13-15-17-19-21-23-25-27-29-31-33-34-35-36-37-38-39-40-42-44-46-48-50-52-54-56-58-60-62-64-66-68-70-75(78)80-73(71-76)72-79-74(77)69-67-65-63-61-59-57-55-53-51-49-47-45-43-41-32-30-28-26-24-22-20-18-16-14-12-10-8-6-4-2/h5-8,11-14,17-20,23-26,29-32,34-35,37-38,40,42-43,45-46,48-49,51,55,57,73,76H,3-4,9-10,15-16,21-22,27-28,33,36,39,41,44,47,50,52-54,56,58-72H2,1-2H3/b7-5-,8-6-,13-11-,14-12-,19-17-,20-18-,25-23-,26-24-,31-29-,32-30-,35-34-,38-37-,42-40-,45-43-,48-46-,51-49-,57-55-. The summed E-state index contributed by atoms with van der Waals surface area (Å²) in [5, 5.41) is 9.68. The Morgan fingerprint density at radius 3 is 0.750 bits per heavy atom. The van der Waals surface area contributed by atoms with Crippen LogP contribution in [-0.4, -0.2) is 36.4 Å². The van der Waals surface area contributed by atoms with Crippen molar-refractivity contribution in [3.05, 3.63) is 207 Å². The molecule has 0 saturated carbocycles. The molecule has 0 amide bonds. The number of aliphatic hydroxyl groups excluding tert-OH is 1. The van der Waals surface area contributed by atoms with Crippen molar-refractivity contribution in [1.82, 2.24) is 0 Å². The van der Waals surface area contributed by atoms with Crippen LogP contribution in [0.5, 0.6) is 0 Å².